The fraction of sp³-hybridized carbons (Fsp3) is 0.833. The summed E-state index contributed by atoms with van der Waals surface area (Å²) in [4.78, 5) is 10.5. The highest BCUT2D eigenvalue weighted by Gasteiger charge is 2.44. The molecule has 3 N–H and O–H groups in total. The lowest BCUT2D eigenvalue weighted by Gasteiger charge is -2.29. The Labute approximate surface area is 62.9 Å². The van der Waals surface area contributed by atoms with Crippen molar-refractivity contribution in [2.24, 2.45) is 11.7 Å². The van der Waals surface area contributed by atoms with E-state index in [0.717, 1.165) is 0 Å². The first-order valence-corrected chi connectivity index (χ1v) is 3.42. The lowest BCUT2D eigenvalue weighted by molar-refractivity contribution is -0.139. The summed E-state index contributed by atoms with van der Waals surface area (Å²) < 4.78 is 25.6. The summed E-state index contributed by atoms with van der Waals surface area (Å²) in [6, 6.07) is 0. The van der Waals surface area contributed by atoms with Crippen LogP contribution in [0.3, 0.4) is 0 Å². The molecule has 1 atom stereocenters. The first-order valence-electron chi connectivity index (χ1n) is 3.42. The molecule has 0 aliphatic carbocycles. The number of nitrogens with one attached hydrogen (secondary N) is 1. The summed E-state index contributed by atoms with van der Waals surface area (Å²) in [5.41, 5.74) is 4.78. The van der Waals surface area contributed by atoms with Gasteiger partial charge in [0.05, 0.1) is 0 Å². The molecule has 0 aromatic rings. The van der Waals surface area contributed by atoms with Gasteiger partial charge in [-0.05, 0) is 0 Å². The number of alkyl halides is 2. The number of nitrogens with two attached hydrogens (primary N) is 1. The van der Waals surface area contributed by atoms with Gasteiger partial charge in [0.2, 0.25) is 5.91 Å². The summed E-state index contributed by atoms with van der Waals surface area (Å²) in [6.45, 7) is 0.235. The van der Waals surface area contributed by atoms with E-state index in [4.69, 9.17) is 5.73 Å². The Bertz CT molecular complexity index is 172. The summed E-state index contributed by atoms with van der Waals surface area (Å²) in [5, 5.41) is 2.69. The van der Waals surface area contributed by atoms with Gasteiger partial charge in [0.15, 0.2) is 0 Å². The first kappa shape index (κ1) is 8.39. The number of hydrogen-bond acceptors (Lipinski definition) is 2. The molecule has 0 bridgehead atoms. The number of carbonyl (C=O) groups excluding carboxylic acids is 1. The number of rotatable bonds is 1. The molecule has 1 heterocycles. The van der Waals surface area contributed by atoms with Crippen LogP contribution < -0.4 is 11.1 Å². The van der Waals surface area contributed by atoms with E-state index in [1.165, 1.54) is 0 Å². The van der Waals surface area contributed by atoms with E-state index in [-0.39, 0.29) is 19.5 Å². The third-order valence-corrected chi connectivity index (χ3v) is 1.84. The lowest BCUT2D eigenvalue weighted by Crippen LogP contribution is -2.50. The van der Waals surface area contributed by atoms with Crippen molar-refractivity contribution in [2.75, 3.05) is 13.1 Å². The zero-order valence-corrected chi connectivity index (χ0v) is 5.94. The number of carbonyl (C=O) groups is 1. The first-order chi connectivity index (χ1) is 5.04. The van der Waals surface area contributed by atoms with Crippen molar-refractivity contribution in [2.45, 2.75) is 12.3 Å². The van der Waals surface area contributed by atoms with Gasteiger partial charge in [-0.15, -0.1) is 0 Å². The summed E-state index contributed by atoms with van der Waals surface area (Å²) >= 11 is 0. The van der Waals surface area contributed by atoms with E-state index < -0.39 is 17.7 Å². The zero-order valence-electron chi connectivity index (χ0n) is 5.94. The number of amides is 1. The van der Waals surface area contributed by atoms with Gasteiger partial charge in [-0.3, -0.25) is 4.79 Å². The third kappa shape index (κ3) is 1.65. The molecule has 0 aromatic heterocycles. The minimum Gasteiger partial charge on any atom is -0.369 e. The molecule has 3 nitrogen and oxygen atoms in total. The standard InChI is InChI=1S/C6H10F2N2O/c7-6(8)1-2-10-3-4(6)5(9)11/h4,10H,1-3H2,(H2,9,11). The minimum atomic E-state index is -2.92. The highest BCUT2D eigenvalue weighted by molar-refractivity contribution is 5.78. The molecule has 11 heavy (non-hydrogen) atoms. The molecule has 0 saturated carbocycles. The molecule has 0 spiro atoms. The predicted octanol–water partition coefficient (Wildman–Crippen LogP) is -0.284. The topological polar surface area (TPSA) is 55.1 Å². The smallest absolute Gasteiger partial charge is 0.262 e. The van der Waals surface area contributed by atoms with Crippen LogP contribution in [0.4, 0.5) is 8.78 Å². The fourth-order valence-corrected chi connectivity index (χ4v) is 1.13. The zero-order chi connectivity index (χ0) is 8.48. The molecule has 1 saturated heterocycles. The van der Waals surface area contributed by atoms with E-state index in [1.807, 2.05) is 0 Å². The van der Waals surface area contributed by atoms with Gasteiger partial charge < -0.3 is 11.1 Å². The average Bonchev–Trinajstić information content (AvgIpc) is 1.85. The monoisotopic (exact) mass is 164 g/mol. The molecular formula is C6H10F2N2O. The molecule has 1 fully saturated rings. The molecule has 1 rings (SSSR count). The highest BCUT2D eigenvalue weighted by Crippen LogP contribution is 2.29. The van der Waals surface area contributed by atoms with Crippen molar-refractivity contribution in [1.82, 2.24) is 5.32 Å². The molecule has 1 amide bonds. The molecule has 5 heteroatoms. The van der Waals surface area contributed by atoms with E-state index in [0.29, 0.717) is 0 Å². The van der Waals surface area contributed by atoms with Crippen LogP contribution in [0.2, 0.25) is 0 Å². The van der Waals surface area contributed by atoms with Gasteiger partial charge in [0.25, 0.3) is 5.92 Å². The van der Waals surface area contributed by atoms with Crippen LogP contribution in [-0.2, 0) is 4.79 Å². The minimum absolute atomic E-state index is 0.0116. The van der Waals surface area contributed by atoms with Gasteiger partial charge in [-0.1, -0.05) is 0 Å². The molecular weight excluding hydrogens is 154 g/mol. The van der Waals surface area contributed by atoms with Crippen LogP contribution in [0.1, 0.15) is 6.42 Å². The maximum atomic E-state index is 12.8. The Morgan fingerprint density at radius 3 is 2.64 bits per heavy atom. The number of hydrogen-bond donors (Lipinski definition) is 2. The fourth-order valence-electron chi connectivity index (χ4n) is 1.13. The van der Waals surface area contributed by atoms with E-state index in [2.05, 4.69) is 5.32 Å². The van der Waals surface area contributed by atoms with E-state index in [1.54, 1.807) is 0 Å². The summed E-state index contributed by atoms with van der Waals surface area (Å²) in [7, 11) is 0. The van der Waals surface area contributed by atoms with Crippen LogP contribution >= 0.6 is 0 Å². The molecule has 1 unspecified atom stereocenters. The Balaban J connectivity index is 2.67. The Hall–Kier alpha value is -0.710. The van der Waals surface area contributed by atoms with Crippen molar-refractivity contribution in [3.63, 3.8) is 0 Å². The second-order valence-corrected chi connectivity index (χ2v) is 2.67. The van der Waals surface area contributed by atoms with Crippen LogP contribution in [0, 0.1) is 5.92 Å². The maximum absolute atomic E-state index is 12.8. The van der Waals surface area contributed by atoms with Gasteiger partial charge in [-0.25, -0.2) is 8.78 Å². The Kier molecular flexibility index (Phi) is 2.08. The van der Waals surface area contributed by atoms with Crippen LogP contribution in [-0.4, -0.2) is 24.9 Å². The van der Waals surface area contributed by atoms with Gasteiger partial charge in [0.1, 0.15) is 5.92 Å². The molecule has 0 radical (unpaired) electrons. The molecule has 1 aliphatic heterocycles. The van der Waals surface area contributed by atoms with Crippen molar-refractivity contribution >= 4 is 5.91 Å². The summed E-state index contributed by atoms with van der Waals surface area (Å²) in [6.07, 6.45) is -0.305. The second-order valence-electron chi connectivity index (χ2n) is 2.67. The average molecular weight is 164 g/mol. The Morgan fingerprint density at radius 1 is 1.64 bits per heavy atom. The maximum Gasteiger partial charge on any atom is 0.262 e. The molecule has 0 aromatic carbocycles. The SMILES string of the molecule is NC(=O)C1CNCCC1(F)F. The van der Waals surface area contributed by atoms with Gasteiger partial charge >= 0.3 is 0 Å². The van der Waals surface area contributed by atoms with Crippen molar-refractivity contribution in [1.29, 1.82) is 0 Å². The van der Waals surface area contributed by atoms with E-state index >= 15 is 0 Å². The quantitative estimate of drug-likeness (QED) is 0.559. The lowest BCUT2D eigenvalue weighted by atomic mass is 9.94. The number of halogens is 2. The third-order valence-electron chi connectivity index (χ3n) is 1.84. The van der Waals surface area contributed by atoms with Gasteiger partial charge in [-0.2, -0.15) is 0 Å². The van der Waals surface area contributed by atoms with Crippen LogP contribution in [0.5, 0.6) is 0 Å². The second kappa shape index (κ2) is 2.73. The van der Waals surface area contributed by atoms with Crippen LogP contribution in [0.25, 0.3) is 0 Å². The molecule has 1 aliphatic rings. The number of primary amides is 1. The van der Waals surface area contributed by atoms with E-state index in [9.17, 15) is 13.6 Å². The van der Waals surface area contributed by atoms with Crippen molar-refractivity contribution in [3.05, 3.63) is 0 Å². The highest BCUT2D eigenvalue weighted by atomic mass is 19.3. The molecule has 64 valence electrons. The number of piperidine rings is 1. The summed E-state index contributed by atoms with van der Waals surface area (Å²) in [5.74, 6) is -5.18. The Morgan fingerprint density at radius 2 is 2.27 bits per heavy atom. The van der Waals surface area contributed by atoms with Crippen molar-refractivity contribution in [3.8, 4) is 0 Å². The van der Waals surface area contributed by atoms with Gasteiger partial charge in [0, 0.05) is 19.5 Å². The van der Waals surface area contributed by atoms with Crippen molar-refractivity contribution < 1.29 is 13.6 Å². The normalized spacial score (nSPS) is 29.8. The van der Waals surface area contributed by atoms with Crippen LogP contribution in [0.15, 0.2) is 0 Å². The predicted molar refractivity (Wildman–Crippen MR) is 35.1 cm³/mol. The largest absolute Gasteiger partial charge is 0.369 e.